The Hall–Kier alpha value is -0.870. The second-order valence-electron chi connectivity index (χ2n) is 3.82. The van der Waals surface area contributed by atoms with Gasteiger partial charge in [0.1, 0.15) is 0 Å². The first-order valence-corrected chi connectivity index (χ1v) is 4.91. The van der Waals surface area contributed by atoms with Crippen molar-refractivity contribution in [1.29, 1.82) is 0 Å². The molecule has 1 heterocycles. The average Bonchev–Trinajstić information content (AvgIpc) is 2.45. The van der Waals surface area contributed by atoms with Crippen LogP contribution in [0.25, 0.3) is 0 Å². The first-order chi connectivity index (χ1) is 6.54. The molecule has 0 fully saturated rings. The SMILES string of the molecule is Cc1nn(C)cc1C(C)N[C@H](C)CO. The van der Waals surface area contributed by atoms with Gasteiger partial charge in [0.25, 0.3) is 0 Å². The van der Waals surface area contributed by atoms with Gasteiger partial charge in [0.05, 0.1) is 12.3 Å². The van der Waals surface area contributed by atoms with Gasteiger partial charge in [0.15, 0.2) is 0 Å². The van der Waals surface area contributed by atoms with Gasteiger partial charge in [-0.3, -0.25) is 4.68 Å². The van der Waals surface area contributed by atoms with Crippen LogP contribution >= 0.6 is 0 Å². The molecule has 1 rings (SSSR count). The Bertz CT molecular complexity index is 296. The highest BCUT2D eigenvalue weighted by molar-refractivity contribution is 5.19. The maximum Gasteiger partial charge on any atom is 0.0641 e. The van der Waals surface area contributed by atoms with E-state index in [1.807, 2.05) is 31.8 Å². The summed E-state index contributed by atoms with van der Waals surface area (Å²) in [7, 11) is 1.92. The van der Waals surface area contributed by atoms with Crippen LogP contribution in [0.4, 0.5) is 0 Å². The normalized spacial score (nSPS) is 15.5. The van der Waals surface area contributed by atoms with Gasteiger partial charge in [-0.2, -0.15) is 5.10 Å². The second-order valence-corrected chi connectivity index (χ2v) is 3.82. The number of nitrogens with zero attached hydrogens (tertiary/aromatic N) is 2. The lowest BCUT2D eigenvalue weighted by Gasteiger charge is -2.17. The van der Waals surface area contributed by atoms with Crippen LogP contribution in [0.5, 0.6) is 0 Å². The van der Waals surface area contributed by atoms with Crippen molar-refractivity contribution < 1.29 is 5.11 Å². The Balaban J connectivity index is 2.69. The Morgan fingerprint density at radius 3 is 2.64 bits per heavy atom. The van der Waals surface area contributed by atoms with E-state index in [2.05, 4.69) is 17.3 Å². The fraction of sp³-hybridized carbons (Fsp3) is 0.700. The highest BCUT2D eigenvalue weighted by Gasteiger charge is 2.13. The molecular weight excluding hydrogens is 178 g/mol. The second kappa shape index (κ2) is 4.57. The summed E-state index contributed by atoms with van der Waals surface area (Å²) in [5.41, 5.74) is 2.23. The van der Waals surface area contributed by atoms with Crippen LogP contribution in [0.3, 0.4) is 0 Å². The van der Waals surface area contributed by atoms with Gasteiger partial charge < -0.3 is 10.4 Å². The molecule has 80 valence electrons. The zero-order valence-electron chi connectivity index (χ0n) is 9.28. The van der Waals surface area contributed by atoms with Crippen molar-refractivity contribution in [3.05, 3.63) is 17.5 Å². The van der Waals surface area contributed by atoms with Crippen molar-refractivity contribution >= 4 is 0 Å². The van der Waals surface area contributed by atoms with Crippen molar-refractivity contribution in [2.45, 2.75) is 32.9 Å². The van der Waals surface area contributed by atoms with Crippen LogP contribution in [-0.2, 0) is 7.05 Å². The standard InChI is InChI=1S/C10H19N3O/c1-7(6-14)11-8(2)10-5-13(4)12-9(10)3/h5,7-8,11,14H,6H2,1-4H3/t7-,8?/m1/s1. The maximum absolute atomic E-state index is 8.92. The molecule has 4 heteroatoms. The summed E-state index contributed by atoms with van der Waals surface area (Å²) in [5.74, 6) is 0. The van der Waals surface area contributed by atoms with Crippen molar-refractivity contribution in [3.63, 3.8) is 0 Å². The molecule has 0 aromatic carbocycles. The summed E-state index contributed by atoms with van der Waals surface area (Å²) in [5, 5.41) is 16.5. The van der Waals surface area contributed by atoms with Crippen molar-refractivity contribution in [2.24, 2.45) is 7.05 Å². The number of rotatable bonds is 4. The van der Waals surface area contributed by atoms with E-state index in [0.717, 1.165) is 5.69 Å². The van der Waals surface area contributed by atoms with Crippen molar-refractivity contribution in [3.8, 4) is 0 Å². The topological polar surface area (TPSA) is 50.1 Å². The summed E-state index contributed by atoms with van der Waals surface area (Å²) in [4.78, 5) is 0. The molecule has 0 aliphatic carbocycles. The lowest BCUT2D eigenvalue weighted by Crippen LogP contribution is -2.31. The number of aliphatic hydroxyl groups excluding tert-OH is 1. The maximum atomic E-state index is 8.92. The number of hydrogen-bond donors (Lipinski definition) is 2. The quantitative estimate of drug-likeness (QED) is 0.749. The van der Waals surface area contributed by atoms with Gasteiger partial charge in [0.2, 0.25) is 0 Å². The summed E-state index contributed by atoms with van der Waals surface area (Å²) in [6.45, 7) is 6.19. The number of aliphatic hydroxyl groups is 1. The molecule has 1 aromatic heterocycles. The Morgan fingerprint density at radius 1 is 1.57 bits per heavy atom. The molecule has 0 saturated heterocycles. The van der Waals surface area contributed by atoms with Crippen LogP contribution in [0.2, 0.25) is 0 Å². The highest BCUT2D eigenvalue weighted by Crippen LogP contribution is 2.15. The summed E-state index contributed by atoms with van der Waals surface area (Å²) in [6.07, 6.45) is 2.01. The van der Waals surface area contributed by atoms with E-state index in [4.69, 9.17) is 5.11 Å². The largest absolute Gasteiger partial charge is 0.395 e. The van der Waals surface area contributed by atoms with Crippen LogP contribution in [-0.4, -0.2) is 27.5 Å². The van der Waals surface area contributed by atoms with Crippen LogP contribution in [0.15, 0.2) is 6.20 Å². The third-order valence-electron chi connectivity index (χ3n) is 2.33. The molecule has 1 unspecified atom stereocenters. The van der Waals surface area contributed by atoms with E-state index in [1.54, 1.807) is 0 Å². The van der Waals surface area contributed by atoms with Crippen LogP contribution < -0.4 is 5.32 Å². The third kappa shape index (κ3) is 2.56. The van der Waals surface area contributed by atoms with Crippen molar-refractivity contribution in [1.82, 2.24) is 15.1 Å². The number of hydrogen-bond acceptors (Lipinski definition) is 3. The van der Waals surface area contributed by atoms with Gasteiger partial charge in [-0.05, 0) is 20.8 Å². The molecule has 2 N–H and O–H groups in total. The molecule has 0 saturated carbocycles. The Labute approximate surface area is 84.9 Å². The van der Waals surface area contributed by atoms with Gasteiger partial charge in [0, 0.05) is 30.9 Å². The number of aryl methyl sites for hydroxylation is 2. The monoisotopic (exact) mass is 197 g/mol. The minimum Gasteiger partial charge on any atom is -0.395 e. The Kier molecular flexibility index (Phi) is 3.66. The smallest absolute Gasteiger partial charge is 0.0641 e. The van der Waals surface area contributed by atoms with Crippen LogP contribution in [0, 0.1) is 6.92 Å². The minimum atomic E-state index is 0.115. The predicted octanol–water partition coefficient (Wildman–Crippen LogP) is 0.760. The Morgan fingerprint density at radius 2 is 2.21 bits per heavy atom. The van der Waals surface area contributed by atoms with Crippen molar-refractivity contribution in [2.75, 3.05) is 6.61 Å². The van der Waals surface area contributed by atoms with Gasteiger partial charge in [-0.15, -0.1) is 0 Å². The first-order valence-electron chi connectivity index (χ1n) is 4.91. The van der Waals surface area contributed by atoms with E-state index in [1.165, 1.54) is 5.56 Å². The fourth-order valence-electron chi connectivity index (χ4n) is 1.61. The lowest BCUT2D eigenvalue weighted by atomic mass is 10.1. The first kappa shape index (κ1) is 11.2. The molecule has 1 aromatic rings. The summed E-state index contributed by atoms with van der Waals surface area (Å²) in [6, 6.07) is 0.343. The molecule has 2 atom stereocenters. The summed E-state index contributed by atoms with van der Waals surface area (Å²) >= 11 is 0. The average molecular weight is 197 g/mol. The van der Waals surface area contributed by atoms with E-state index in [0.29, 0.717) is 0 Å². The zero-order chi connectivity index (χ0) is 10.7. The molecule has 0 bridgehead atoms. The van der Waals surface area contributed by atoms with E-state index in [9.17, 15) is 0 Å². The molecule has 0 radical (unpaired) electrons. The van der Waals surface area contributed by atoms with E-state index < -0.39 is 0 Å². The number of nitrogens with one attached hydrogen (secondary N) is 1. The molecule has 0 aliphatic heterocycles. The molecule has 4 nitrogen and oxygen atoms in total. The zero-order valence-corrected chi connectivity index (χ0v) is 9.28. The molecule has 0 spiro atoms. The van der Waals surface area contributed by atoms with Gasteiger partial charge >= 0.3 is 0 Å². The van der Waals surface area contributed by atoms with Gasteiger partial charge in [-0.25, -0.2) is 0 Å². The molecule has 0 aliphatic rings. The van der Waals surface area contributed by atoms with Gasteiger partial charge in [-0.1, -0.05) is 0 Å². The molecule has 0 amide bonds. The van der Waals surface area contributed by atoms with E-state index in [-0.39, 0.29) is 18.7 Å². The number of aromatic nitrogens is 2. The lowest BCUT2D eigenvalue weighted by molar-refractivity contribution is 0.243. The highest BCUT2D eigenvalue weighted by atomic mass is 16.3. The molecular formula is C10H19N3O. The van der Waals surface area contributed by atoms with Crippen LogP contribution in [0.1, 0.15) is 31.1 Å². The van der Waals surface area contributed by atoms with E-state index >= 15 is 0 Å². The third-order valence-corrected chi connectivity index (χ3v) is 2.33. The molecule has 14 heavy (non-hydrogen) atoms. The fourth-order valence-corrected chi connectivity index (χ4v) is 1.61. The summed E-state index contributed by atoms with van der Waals surface area (Å²) < 4.78 is 1.81. The predicted molar refractivity (Wildman–Crippen MR) is 56.0 cm³/mol. The minimum absolute atomic E-state index is 0.115.